The van der Waals surface area contributed by atoms with E-state index >= 15 is 0 Å². The molecule has 0 amide bonds. The van der Waals surface area contributed by atoms with Crippen LogP contribution >= 0.6 is 0 Å². The fourth-order valence-corrected chi connectivity index (χ4v) is 5.29. The molecular weight excluding hydrogens is 306 g/mol. The summed E-state index contributed by atoms with van der Waals surface area (Å²) in [7, 11) is 1.71. The number of hydrogen-bond donors (Lipinski definition) is 2. The first kappa shape index (κ1) is 15.8. The van der Waals surface area contributed by atoms with Crippen molar-refractivity contribution in [2.75, 3.05) is 19.0 Å². The minimum Gasteiger partial charge on any atom is -0.383 e. The van der Waals surface area contributed by atoms with Crippen molar-refractivity contribution in [2.45, 2.75) is 50.8 Å². The van der Waals surface area contributed by atoms with Gasteiger partial charge in [0.15, 0.2) is 0 Å². The third-order valence-corrected chi connectivity index (χ3v) is 6.34. The van der Waals surface area contributed by atoms with Crippen molar-refractivity contribution in [1.82, 2.24) is 5.32 Å². The van der Waals surface area contributed by atoms with Crippen LogP contribution in [0.1, 0.15) is 37.7 Å². The number of nitrogens with zero attached hydrogens (tertiary/aromatic N) is 1. The van der Waals surface area contributed by atoms with Gasteiger partial charge in [-0.3, -0.25) is 10.1 Å². The summed E-state index contributed by atoms with van der Waals surface area (Å²) in [6.45, 7) is 1.57. The van der Waals surface area contributed by atoms with Crippen LogP contribution in [-0.4, -0.2) is 30.7 Å². The number of nitrogens with one attached hydrogen (secondary N) is 2. The van der Waals surface area contributed by atoms with Crippen LogP contribution in [0.4, 0.5) is 11.4 Å². The van der Waals surface area contributed by atoms with Crippen molar-refractivity contribution in [2.24, 2.45) is 11.3 Å². The van der Waals surface area contributed by atoms with Crippen LogP contribution in [0, 0.1) is 21.4 Å². The zero-order chi connectivity index (χ0) is 16.7. The minimum atomic E-state index is -0.321. The summed E-state index contributed by atoms with van der Waals surface area (Å²) in [5, 5.41) is 17.8. The van der Waals surface area contributed by atoms with Crippen LogP contribution in [-0.2, 0) is 11.3 Å². The van der Waals surface area contributed by atoms with Gasteiger partial charge in [0, 0.05) is 43.6 Å². The smallest absolute Gasteiger partial charge is 0.292 e. The fraction of sp³-hybridized carbons (Fsp3) is 0.667. The van der Waals surface area contributed by atoms with Crippen LogP contribution in [0.3, 0.4) is 0 Å². The van der Waals surface area contributed by atoms with Gasteiger partial charge < -0.3 is 15.4 Å². The zero-order valence-electron chi connectivity index (χ0n) is 14.1. The molecular formula is C18H25N3O3. The second-order valence-electron chi connectivity index (χ2n) is 7.40. The van der Waals surface area contributed by atoms with E-state index in [1.807, 2.05) is 6.07 Å². The molecule has 3 aliphatic rings. The van der Waals surface area contributed by atoms with Crippen molar-refractivity contribution in [3.8, 4) is 0 Å². The molecule has 2 N–H and O–H groups in total. The Bertz CT molecular complexity index is 642. The zero-order valence-corrected chi connectivity index (χ0v) is 14.1. The monoisotopic (exact) mass is 331 g/mol. The van der Waals surface area contributed by atoms with Gasteiger partial charge in [0.25, 0.3) is 5.69 Å². The van der Waals surface area contributed by atoms with Gasteiger partial charge in [-0.25, -0.2) is 0 Å². The molecule has 1 aromatic rings. The minimum absolute atomic E-state index is 0.142. The number of nitro benzene ring substituents is 1. The van der Waals surface area contributed by atoms with E-state index in [4.69, 9.17) is 4.74 Å². The molecule has 3 fully saturated rings. The molecule has 6 nitrogen and oxygen atoms in total. The first-order valence-corrected chi connectivity index (χ1v) is 8.96. The van der Waals surface area contributed by atoms with Gasteiger partial charge in [-0.05, 0) is 30.9 Å². The summed E-state index contributed by atoms with van der Waals surface area (Å²) < 4.78 is 6.02. The van der Waals surface area contributed by atoms with Crippen molar-refractivity contribution in [1.29, 1.82) is 0 Å². The molecule has 130 valence electrons. The molecule has 6 heteroatoms. The molecule has 0 aromatic heterocycles. The average Bonchev–Trinajstić information content (AvgIpc) is 3.23. The number of fused-ring (bicyclic) bond motifs is 2. The molecule has 1 heterocycles. The lowest BCUT2D eigenvalue weighted by atomic mass is 9.54. The third-order valence-electron chi connectivity index (χ3n) is 6.34. The van der Waals surface area contributed by atoms with Gasteiger partial charge in [0.05, 0.1) is 11.0 Å². The molecule has 1 aromatic carbocycles. The third kappa shape index (κ3) is 2.31. The SMILES string of the molecule is CNc1ccc(CNC2C3CCOC3C23CCCC3)cc1[N+](=O)[O-]. The van der Waals surface area contributed by atoms with Crippen LogP contribution < -0.4 is 10.6 Å². The highest BCUT2D eigenvalue weighted by Gasteiger charge is 2.64. The molecule has 24 heavy (non-hydrogen) atoms. The van der Waals surface area contributed by atoms with E-state index < -0.39 is 0 Å². The maximum absolute atomic E-state index is 11.2. The summed E-state index contributed by atoms with van der Waals surface area (Å²) >= 11 is 0. The molecule has 0 bridgehead atoms. The van der Waals surface area contributed by atoms with Crippen LogP contribution in [0.25, 0.3) is 0 Å². The Hall–Kier alpha value is -1.66. The molecule has 2 saturated carbocycles. The number of benzene rings is 1. The number of anilines is 1. The molecule has 3 unspecified atom stereocenters. The Morgan fingerprint density at radius 2 is 2.17 bits per heavy atom. The van der Waals surface area contributed by atoms with Crippen molar-refractivity contribution in [3.63, 3.8) is 0 Å². The van der Waals surface area contributed by atoms with Gasteiger partial charge >= 0.3 is 0 Å². The Kier molecular flexibility index (Phi) is 3.96. The predicted octanol–water partition coefficient (Wildman–Crippen LogP) is 3.07. The second-order valence-corrected chi connectivity index (χ2v) is 7.40. The van der Waals surface area contributed by atoms with Crippen LogP contribution in [0.5, 0.6) is 0 Å². The van der Waals surface area contributed by atoms with Gasteiger partial charge in [0.2, 0.25) is 0 Å². The normalized spacial score (nSPS) is 30.1. The highest BCUT2D eigenvalue weighted by Crippen LogP contribution is 2.60. The first-order chi connectivity index (χ1) is 11.7. The van der Waals surface area contributed by atoms with E-state index in [1.54, 1.807) is 19.2 Å². The average molecular weight is 331 g/mol. The Morgan fingerprint density at radius 3 is 2.88 bits per heavy atom. The van der Waals surface area contributed by atoms with E-state index in [0.29, 0.717) is 35.7 Å². The summed E-state index contributed by atoms with van der Waals surface area (Å²) in [4.78, 5) is 10.9. The van der Waals surface area contributed by atoms with Gasteiger partial charge in [0.1, 0.15) is 5.69 Å². The Labute approximate surface area is 142 Å². The highest BCUT2D eigenvalue weighted by molar-refractivity contribution is 5.62. The van der Waals surface area contributed by atoms with Gasteiger partial charge in [-0.1, -0.05) is 18.9 Å². The largest absolute Gasteiger partial charge is 0.383 e. The van der Waals surface area contributed by atoms with Crippen molar-refractivity contribution >= 4 is 11.4 Å². The summed E-state index contributed by atoms with van der Waals surface area (Å²) in [6, 6.07) is 5.94. The first-order valence-electron chi connectivity index (χ1n) is 8.96. The predicted molar refractivity (Wildman–Crippen MR) is 92.0 cm³/mol. The van der Waals surface area contributed by atoms with Crippen molar-refractivity contribution in [3.05, 3.63) is 33.9 Å². The summed E-state index contributed by atoms with van der Waals surface area (Å²) in [5.41, 5.74) is 1.99. The lowest BCUT2D eigenvalue weighted by molar-refractivity contribution is -0.384. The second kappa shape index (κ2) is 6.01. The lowest BCUT2D eigenvalue weighted by Gasteiger charge is -2.57. The van der Waals surface area contributed by atoms with Crippen molar-refractivity contribution < 1.29 is 9.66 Å². The maximum atomic E-state index is 11.2. The van der Waals surface area contributed by atoms with Gasteiger partial charge in [-0.15, -0.1) is 0 Å². The van der Waals surface area contributed by atoms with Crippen LogP contribution in [0.2, 0.25) is 0 Å². The standard InChI is InChI=1S/C18H25N3O3/c1-19-14-5-4-12(10-15(14)21(22)23)11-20-16-13-6-9-24-17(13)18(16)7-2-3-8-18/h4-5,10,13,16-17,19-20H,2-3,6-9,11H2,1H3. The molecule has 2 aliphatic carbocycles. The van der Waals surface area contributed by atoms with Gasteiger partial charge in [-0.2, -0.15) is 0 Å². The fourth-order valence-electron chi connectivity index (χ4n) is 5.29. The number of ether oxygens (including phenoxy) is 1. The van der Waals surface area contributed by atoms with Crippen LogP contribution in [0.15, 0.2) is 18.2 Å². The highest BCUT2D eigenvalue weighted by atomic mass is 16.6. The molecule has 1 saturated heterocycles. The van der Waals surface area contributed by atoms with E-state index in [-0.39, 0.29) is 10.6 Å². The molecule has 0 radical (unpaired) electrons. The molecule has 3 atom stereocenters. The summed E-state index contributed by atoms with van der Waals surface area (Å²) in [6.07, 6.45) is 6.69. The van der Waals surface area contributed by atoms with E-state index in [0.717, 1.165) is 18.6 Å². The van der Waals surface area contributed by atoms with E-state index in [9.17, 15) is 10.1 Å². The topological polar surface area (TPSA) is 76.4 Å². The number of rotatable bonds is 5. The quantitative estimate of drug-likeness (QED) is 0.640. The Morgan fingerprint density at radius 1 is 1.38 bits per heavy atom. The number of hydrogen-bond acceptors (Lipinski definition) is 5. The lowest BCUT2D eigenvalue weighted by Crippen LogP contribution is -2.67. The molecule has 1 aliphatic heterocycles. The number of nitro groups is 1. The maximum Gasteiger partial charge on any atom is 0.292 e. The molecule has 1 spiro atoms. The molecule has 4 rings (SSSR count). The van der Waals surface area contributed by atoms with E-state index in [2.05, 4.69) is 10.6 Å². The van der Waals surface area contributed by atoms with E-state index in [1.165, 1.54) is 25.7 Å². The summed E-state index contributed by atoms with van der Waals surface area (Å²) in [5.74, 6) is 0.620. The Balaban J connectivity index is 1.48.